The lowest BCUT2D eigenvalue weighted by Gasteiger charge is -2.24. The van der Waals surface area contributed by atoms with E-state index in [0.29, 0.717) is 6.42 Å². The molecule has 17 heavy (non-hydrogen) atoms. The molecule has 0 aliphatic carbocycles. The third-order valence-electron chi connectivity index (χ3n) is 2.75. The first-order valence-corrected chi connectivity index (χ1v) is 5.20. The topological polar surface area (TPSA) is 77.0 Å². The summed E-state index contributed by atoms with van der Waals surface area (Å²) in [5, 5.41) is 27.2. The molecule has 1 N–H and O–H groups in total. The Morgan fingerprint density at radius 1 is 1.29 bits per heavy atom. The van der Waals surface area contributed by atoms with Crippen LogP contribution in [0.3, 0.4) is 0 Å². The van der Waals surface area contributed by atoms with E-state index in [1.165, 1.54) is 0 Å². The maximum absolute atomic E-state index is 9.81. The molecule has 0 spiro atoms. The zero-order valence-electron chi connectivity index (χ0n) is 9.05. The van der Waals surface area contributed by atoms with E-state index in [0.717, 1.165) is 11.3 Å². The molecule has 1 aliphatic heterocycles. The second-order valence-electron chi connectivity index (χ2n) is 3.80. The summed E-state index contributed by atoms with van der Waals surface area (Å²) in [6.07, 6.45) is 0.578. The smallest absolute Gasteiger partial charge is 0.167 e. The number of para-hydroxylation sites is 1. The van der Waals surface area contributed by atoms with E-state index in [4.69, 9.17) is 15.3 Å². The Kier molecular flexibility index (Phi) is 2.98. The van der Waals surface area contributed by atoms with Crippen molar-refractivity contribution < 1.29 is 9.84 Å². The van der Waals surface area contributed by atoms with Crippen molar-refractivity contribution in [3.8, 4) is 17.9 Å². The standard InChI is InChI=1S/C13H10N2O2/c14-6-11(7-15)13(16)10-5-9-3-1-2-4-12(9)17-8-10/h1-4,10,16H,5,8H2. The average molecular weight is 226 g/mol. The lowest BCUT2D eigenvalue weighted by molar-refractivity contribution is 0.199. The van der Waals surface area contributed by atoms with Gasteiger partial charge in [0.1, 0.15) is 23.6 Å². The van der Waals surface area contributed by atoms with Crippen molar-refractivity contribution in [2.45, 2.75) is 6.42 Å². The monoisotopic (exact) mass is 226 g/mol. The Morgan fingerprint density at radius 3 is 2.71 bits per heavy atom. The highest BCUT2D eigenvalue weighted by molar-refractivity contribution is 5.41. The fraction of sp³-hybridized carbons (Fsp3) is 0.231. The van der Waals surface area contributed by atoms with Crippen molar-refractivity contribution in [2.75, 3.05) is 6.61 Å². The van der Waals surface area contributed by atoms with E-state index in [1.807, 2.05) is 24.3 Å². The second-order valence-corrected chi connectivity index (χ2v) is 3.80. The first kappa shape index (κ1) is 11.0. The van der Waals surface area contributed by atoms with Crippen LogP contribution in [0, 0.1) is 28.6 Å². The predicted molar refractivity (Wildman–Crippen MR) is 60.0 cm³/mol. The summed E-state index contributed by atoms with van der Waals surface area (Å²) in [7, 11) is 0. The maximum Gasteiger partial charge on any atom is 0.167 e. The summed E-state index contributed by atoms with van der Waals surface area (Å²) in [4.78, 5) is 0. The van der Waals surface area contributed by atoms with Crippen LogP contribution in [0.15, 0.2) is 35.6 Å². The Morgan fingerprint density at radius 2 is 2.00 bits per heavy atom. The molecular weight excluding hydrogens is 216 g/mol. The molecule has 0 saturated carbocycles. The quantitative estimate of drug-likeness (QED) is 0.587. The van der Waals surface area contributed by atoms with Crippen LogP contribution >= 0.6 is 0 Å². The van der Waals surface area contributed by atoms with Crippen molar-refractivity contribution >= 4 is 0 Å². The van der Waals surface area contributed by atoms with Gasteiger partial charge in [-0.3, -0.25) is 0 Å². The van der Waals surface area contributed by atoms with E-state index in [2.05, 4.69) is 0 Å². The highest BCUT2D eigenvalue weighted by Gasteiger charge is 2.25. The van der Waals surface area contributed by atoms with Gasteiger partial charge in [-0.25, -0.2) is 0 Å². The number of hydrogen-bond donors (Lipinski definition) is 1. The summed E-state index contributed by atoms with van der Waals surface area (Å²) >= 11 is 0. The molecule has 1 unspecified atom stereocenters. The van der Waals surface area contributed by atoms with E-state index in [9.17, 15) is 5.11 Å². The van der Waals surface area contributed by atoms with Crippen molar-refractivity contribution in [1.29, 1.82) is 10.5 Å². The van der Waals surface area contributed by atoms with Gasteiger partial charge in [0.15, 0.2) is 5.57 Å². The number of allylic oxidation sites excluding steroid dienone is 1. The van der Waals surface area contributed by atoms with E-state index in [-0.39, 0.29) is 23.9 Å². The molecule has 0 bridgehead atoms. The van der Waals surface area contributed by atoms with Crippen molar-refractivity contribution in [3.63, 3.8) is 0 Å². The van der Waals surface area contributed by atoms with Gasteiger partial charge in [-0.2, -0.15) is 10.5 Å². The molecule has 0 radical (unpaired) electrons. The third-order valence-corrected chi connectivity index (χ3v) is 2.75. The summed E-state index contributed by atoms with van der Waals surface area (Å²) in [6.45, 7) is 0.287. The van der Waals surface area contributed by atoms with Gasteiger partial charge in [-0.15, -0.1) is 0 Å². The molecule has 1 aromatic rings. The number of aliphatic hydroxyl groups is 1. The fourth-order valence-electron chi connectivity index (χ4n) is 1.85. The van der Waals surface area contributed by atoms with Gasteiger partial charge >= 0.3 is 0 Å². The van der Waals surface area contributed by atoms with Crippen LogP contribution in [0.4, 0.5) is 0 Å². The predicted octanol–water partition coefficient (Wildman–Crippen LogP) is 2.10. The van der Waals surface area contributed by atoms with Crippen molar-refractivity contribution in [1.82, 2.24) is 0 Å². The SMILES string of the molecule is N#CC(C#N)=C(O)C1COc2ccccc2C1. The number of nitrogens with zero attached hydrogens (tertiary/aromatic N) is 2. The Hall–Kier alpha value is -2.46. The lowest BCUT2D eigenvalue weighted by atomic mass is 9.93. The van der Waals surface area contributed by atoms with Crippen LogP contribution in [0.5, 0.6) is 5.75 Å². The van der Waals surface area contributed by atoms with E-state index >= 15 is 0 Å². The molecule has 1 aromatic carbocycles. The minimum atomic E-state index is -0.320. The van der Waals surface area contributed by atoms with Crippen LogP contribution in [-0.4, -0.2) is 11.7 Å². The second kappa shape index (κ2) is 4.59. The molecule has 84 valence electrons. The molecule has 0 amide bonds. The number of hydrogen-bond acceptors (Lipinski definition) is 4. The molecule has 0 fully saturated rings. The first-order valence-electron chi connectivity index (χ1n) is 5.20. The van der Waals surface area contributed by atoms with E-state index < -0.39 is 0 Å². The average Bonchev–Trinajstić information content (AvgIpc) is 2.39. The van der Waals surface area contributed by atoms with Gasteiger partial charge in [0, 0.05) is 0 Å². The van der Waals surface area contributed by atoms with Gasteiger partial charge in [0.05, 0.1) is 12.5 Å². The molecule has 4 nitrogen and oxygen atoms in total. The number of rotatable bonds is 1. The summed E-state index contributed by atoms with van der Waals surface area (Å²) in [5.74, 6) is 0.302. The summed E-state index contributed by atoms with van der Waals surface area (Å²) < 4.78 is 5.48. The van der Waals surface area contributed by atoms with Crippen molar-refractivity contribution in [2.24, 2.45) is 5.92 Å². The normalized spacial score (nSPS) is 16.9. The van der Waals surface area contributed by atoms with Gasteiger partial charge in [-0.05, 0) is 18.1 Å². The number of benzene rings is 1. The first-order chi connectivity index (χ1) is 8.26. The van der Waals surface area contributed by atoms with Crippen LogP contribution in [-0.2, 0) is 6.42 Å². The van der Waals surface area contributed by atoms with E-state index in [1.54, 1.807) is 12.1 Å². The van der Waals surface area contributed by atoms with Gasteiger partial charge in [0.2, 0.25) is 0 Å². The number of aliphatic hydroxyl groups excluding tert-OH is 1. The Bertz CT molecular complexity index is 533. The van der Waals surface area contributed by atoms with Crippen molar-refractivity contribution in [3.05, 3.63) is 41.2 Å². The fourth-order valence-corrected chi connectivity index (χ4v) is 1.85. The molecule has 0 saturated heterocycles. The Balaban J connectivity index is 2.28. The molecule has 0 aromatic heterocycles. The van der Waals surface area contributed by atoms with Crippen LogP contribution < -0.4 is 4.74 Å². The highest BCUT2D eigenvalue weighted by atomic mass is 16.5. The lowest BCUT2D eigenvalue weighted by Crippen LogP contribution is -2.23. The number of fused-ring (bicyclic) bond motifs is 1. The largest absolute Gasteiger partial charge is 0.510 e. The molecule has 1 atom stereocenters. The third kappa shape index (κ3) is 2.07. The number of nitriles is 2. The van der Waals surface area contributed by atoms with Gasteiger partial charge in [-0.1, -0.05) is 18.2 Å². The summed E-state index contributed by atoms with van der Waals surface area (Å²) in [5.41, 5.74) is 0.739. The molecule has 1 heterocycles. The summed E-state index contributed by atoms with van der Waals surface area (Å²) in [6, 6.07) is 10.9. The minimum Gasteiger partial charge on any atom is -0.510 e. The van der Waals surface area contributed by atoms with Gasteiger partial charge < -0.3 is 9.84 Å². The Labute approximate surface area is 99.0 Å². The van der Waals surface area contributed by atoms with Crippen LogP contribution in [0.2, 0.25) is 0 Å². The number of ether oxygens (including phenoxy) is 1. The maximum atomic E-state index is 9.81. The van der Waals surface area contributed by atoms with Crippen LogP contribution in [0.25, 0.3) is 0 Å². The minimum absolute atomic E-state index is 0.176. The van der Waals surface area contributed by atoms with Gasteiger partial charge in [0.25, 0.3) is 0 Å². The highest BCUT2D eigenvalue weighted by Crippen LogP contribution is 2.30. The molecule has 2 rings (SSSR count). The molecular formula is C13H10N2O2. The zero-order chi connectivity index (χ0) is 12.3. The van der Waals surface area contributed by atoms with Crippen LogP contribution in [0.1, 0.15) is 5.56 Å². The molecule has 1 aliphatic rings. The molecule has 4 heteroatoms. The zero-order valence-corrected chi connectivity index (χ0v) is 9.05.